The molecule has 0 radical (unpaired) electrons. The number of nitrogens with one attached hydrogen (secondary N) is 2. The Kier molecular flexibility index (Phi) is 6.07. The number of benzene rings is 2. The van der Waals surface area contributed by atoms with Crippen LogP contribution in [0, 0.1) is 5.92 Å². The van der Waals surface area contributed by atoms with Crippen LogP contribution in [0.1, 0.15) is 36.4 Å². The van der Waals surface area contributed by atoms with Crippen LogP contribution >= 0.6 is 0 Å². The first-order valence-electron chi connectivity index (χ1n) is 8.96. The van der Waals surface area contributed by atoms with Gasteiger partial charge in [-0.1, -0.05) is 48.5 Å². The van der Waals surface area contributed by atoms with Gasteiger partial charge in [0.05, 0.1) is 13.2 Å². The number of carbonyl (C=O) groups is 1. The molecule has 1 atom stereocenters. The molecule has 4 nitrogen and oxygen atoms in total. The first-order chi connectivity index (χ1) is 12.3. The van der Waals surface area contributed by atoms with E-state index < -0.39 is 0 Å². The highest BCUT2D eigenvalue weighted by atomic mass is 16.5. The Morgan fingerprint density at radius 2 is 1.80 bits per heavy atom. The molecular weight excluding hydrogens is 312 g/mol. The smallest absolute Gasteiger partial charge is 0.221 e. The molecule has 2 N–H and O–H groups in total. The lowest BCUT2D eigenvalue weighted by atomic mass is 9.93. The summed E-state index contributed by atoms with van der Waals surface area (Å²) in [6.45, 7) is 2.01. The van der Waals surface area contributed by atoms with Crippen molar-refractivity contribution >= 4 is 5.91 Å². The quantitative estimate of drug-likeness (QED) is 0.850. The Bertz CT molecular complexity index is 681. The van der Waals surface area contributed by atoms with Gasteiger partial charge >= 0.3 is 0 Å². The fourth-order valence-electron chi connectivity index (χ4n) is 3.46. The summed E-state index contributed by atoms with van der Waals surface area (Å²) in [6.07, 6.45) is 2.72. The van der Waals surface area contributed by atoms with Crippen LogP contribution in [0.5, 0.6) is 5.75 Å². The normalized spacial score (nSPS) is 16.2. The van der Waals surface area contributed by atoms with Crippen molar-refractivity contribution in [3.05, 3.63) is 65.7 Å². The van der Waals surface area contributed by atoms with E-state index in [9.17, 15) is 4.79 Å². The van der Waals surface area contributed by atoms with Gasteiger partial charge in [0.25, 0.3) is 0 Å². The summed E-state index contributed by atoms with van der Waals surface area (Å²) in [6, 6.07) is 17.7. The molecule has 0 aromatic heterocycles. The number of hydrogen-bond acceptors (Lipinski definition) is 3. The van der Waals surface area contributed by atoms with Gasteiger partial charge in [-0.05, 0) is 43.5 Å². The molecule has 1 aliphatic rings. The third-order valence-corrected chi connectivity index (χ3v) is 4.82. The molecule has 3 rings (SSSR count). The van der Waals surface area contributed by atoms with E-state index in [1.165, 1.54) is 0 Å². The van der Waals surface area contributed by atoms with Crippen LogP contribution in [0.25, 0.3) is 0 Å². The largest absolute Gasteiger partial charge is 0.496 e. The summed E-state index contributed by atoms with van der Waals surface area (Å²) in [5.41, 5.74) is 2.04. The van der Waals surface area contributed by atoms with Gasteiger partial charge in [0.1, 0.15) is 5.75 Å². The average Bonchev–Trinajstić information content (AvgIpc) is 2.67. The van der Waals surface area contributed by atoms with Crippen molar-refractivity contribution in [2.45, 2.75) is 25.3 Å². The van der Waals surface area contributed by atoms with Gasteiger partial charge in [0.2, 0.25) is 5.91 Å². The van der Waals surface area contributed by atoms with E-state index in [0.717, 1.165) is 42.8 Å². The van der Waals surface area contributed by atoms with Crippen LogP contribution < -0.4 is 15.4 Å². The van der Waals surface area contributed by atoms with E-state index >= 15 is 0 Å². The standard InChI is InChI=1S/C21H26N2O2/c1-25-19-10-6-5-9-18(19)21(17-7-3-2-4-8-17)23-20(24)15-16-11-13-22-14-12-16/h2-10,16,21-22H,11-15H2,1H3,(H,23,24). The fraction of sp³-hybridized carbons (Fsp3) is 0.381. The lowest BCUT2D eigenvalue weighted by Gasteiger charge is -2.25. The molecule has 1 amide bonds. The highest BCUT2D eigenvalue weighted by Gasteiger charge is 2.22. The van der Waals surface area contributed by atoms with Crippen molar-refractivity contribution in [1.82, 2.24) is 10.6 Å². The van der Waals surface area contributed by atoms with Gasteiger partial charge < -0.3 is 15.4 Å². The summed E-state index contributed by atoms with van der Waals surface area (Å²) < 4.78 is 5.52. The van der Waals surface area contributed by atoms with E-state index in [-0.39, 0.29) is 11.9 Å². The maximum absolute atomic E-state index is 12.7. The molecule has 0 spiro atoms. The molecule has 1 heterocycles. The van der Waals surface area contributed by atoms with Crippen LogP contribution in [-0.2, 0) is 4.79 Å². The Balaban J connectivity index is 1.80. The number of piperidine rings is 1. The Hall–Kier alpha value is -2.33. The molecule has 2 aromatic rings. The predicted octanol–water partition coefficient (Wildman–Crippen LogP) is 3.29. The van der Waals surface area contributed by atoms with Crippen molar-refractivity contribution in [2.24, 2.45) is 5.92 Å². The summed E-state index contributed by atoms with van der Waals surface area (Å²) in [5, 5.41) is 6.58. The number of hydrogen-bond donors (Lipinski definition) is 2. The predicted molar refractivity (Wildman–Crippen MR) is 99.6 cm³/mol. The van der Waals surface area contributed by atoms with Crippen molar-refractivity contribution < 1.29 is 9.53 Å². The van der Waals surface area contributed by atoms with Crippen LogP contribution in [0.15, 0.2) is 54.6 Å². The van der Waals surface area contributed by atoms with Crippen molar-refractivity contribution in [3.8, 4) is 5.75 Å². The molecule has 0 aliphatic carbocycles. The van der Waals surface area contributed by atoms with E-state index in [2.05, 4.69) is 10.6 Å². The molecule has 4 heteroatoms. The molecule has 132 valence electrons. The number of carbonyl (C=O) groups excluding carboxylic acids is 1. The summed E-state index contributed by atoms with van der Waals surface area (Å²) >= 11 is 0. The molecule has 2 aromatic carbocycles. The molecule has 25 heavy (non-hydrogen) atoms. The average molecular weight is 338 g/mol. The second-order valence-corrected chi connectivity index (χ2v) is 6.55. The third kappa shape index (κ3) is 4.60. The molecule has 1 unspecified atom stereocenters. The van der Waals surface area contributed by atoms with E-state index in [1.807, 2.05) is 54.6 Å². The minimum absolute atomic E-state index is 0.103. The zero-order valence-electron chi connectivity index (χ0n) is 14.7. The monoisotopic (exact) mass is 338 g/mol. The van der Waals surface area contributed by atoms with Gasteiger partial charge in [-0.2, -0.15) is 0 Å². The summed E-state index contributed by atoms with van der Waals surface area (Å²) in [4.78, 5) is 12.7. The van der Waals surface area contributed by atoms with Crippen LogP contribution in [0.4, 0.5) is 0 Å². The maximum atomic E-state index is 12.7. The Labute approximate surface area is 149 Å². The Morgan fingerprint density at radius 3 is 2.52 bits per heavy atom. The highest BCUT2D eigenvalue weighted by Crippen LogP contribution is 2.30. The summed E-state index contributed by atoms with van der Waals surface area (Å²) in [5.74, 6) is 1.36. The number of ether oxygens (including phenoxy) is 1. The van der Waals surface area contributed by atoms with Crippen LogP contribution in [0.3, 0.4) is 0 Å². The zero-order chi connectivity index (χ0) is 17.5. The SMILES string of the molecule is COc1ccccc1C(NC(=O)CC1CCNCC1)c1ccccc1. The van der Waals surface area contributed by atoms with Gasteiger partial charge in [0.15, 0.2) is 0 Å². The number of methoxy groups -OCH3 is 1. The second-order valence-electron chi connectivity index (χ2n) is 6.55. The summed E-state index contributed by atoms with van der Waals surface area (Å²) in [7, 11) is 1.66. The van der Waals surface area contributed by atoms with Gasteiger partial charge in [-0.3, -0.25) is 4.79 Å². The molecule has 1 fully saturated rings. The molecular formula is C21H26N2O2. The molecule has 0 saturated carbocycles. The van der Waals surface area contributed by atoms with E-state index in [0.29, 0.717) is 12.3 Å². The molecule has 0 bridgehead atoms. The first-order valence-corrected chi connectivity index (χ1v) is 8.96. The number of para-hydroxylation sites is 1. The minimum Gasteiger partial charge on any atom is -0.496 e. The van der Waals surface area contributed by atoms with Crippen LogP contribution in [0.2, 0.25) is 0 Å². The van der Waals surface area contributed by atoms with Crippen LogP contribution in [-0.4, -0.2) is 26.1 Å². The lowest BCUT2D eigenvalue weighted by molar-refractivity contribution is -0.122. The van der Waals surface area contributed by atoms with Crippen molar-refractivity contribution in [2.75, 3.05) is 20.2 Å². The number of amides is 1. The topological polar surface area (TPSA) is 50.4 Å². The van der Waals surface area contributed by atoms with Gasteiger partial charge in [0, 0.05) is 12.0 Å². The molecule has 1 aliphatic heterocycles. The van der Waals surface area contributed by atoms with Crippen molar-refractivity contribution in [3.63, 3.8) is 0 Å². The minimum atomic E-state index is -0.202. The zero-order valence-corrected chi connectivity index (χ0v) is 14.7. The highest BCUT2D eigenvalue weighted by molar-refractivity contribution is 5.77. The van der Waals surface area contributed by atoms with Gasteiger partial charge in [-0.15, -0.1) is 0 Å². The Morgan fingerprint density at radius 1 is 1.12 bits per heavy atom. The van der Waals surface area contributed by atoms with Crippen molar-refractivity contribution in [1.29, 1.82) is 0 Å². The maximum Gasteiger partial charge on any atom is 0.221 e. The van der Waals surface area contributed by atoms with Gasteiger partial charge in [-0.25, -0.2) is 0 Å². The van der Waals surface area contributed by atoms with E-state index in [1.54, 1.807) is 7.11 Å². The second kappa shape index (κ2) is 8.67. The fourth-order valence-corrected chi connectivity index (χ4v) is 3.46. The third-order valence-electron chi connectivity index (χ3n) is 4.82. The molecule has 1 saturated heterocycles. The number of rotatable bonds is 6. The first kappa shape index (κ1) is 17.5. The lowest BCUT2D eigenvalue weighted by Crippen LogP contribution is -2.34. The van der Waals surface area contributed by atoms with E-state index in [4.69, 9.17) is 4.74 Å².